The van der Waals surface area contributed by atoms with E-state index in [4.69, 9.17) is 0 Å². The SMILES string of the molecule is CC(C)Nc1c(F)cc(C(C)C)cc1F. The quantitative estimate of drug-likeness (QED) is 0.802. The fourth-order valence-electron chi connectivity index (χ4n) is 1.35. The zero-order valence-electron chi connectivity index (χ0n) is 9.57. The summed E-state index contributed by atoms with van der Waals surface area (Å²) < 4.78 is 27.1. The van der Waals surface area contributed by atoms with Crippen LogP contribution in [0.2, 0.25) is 0 Å². The van der Waals surface area contributed by atoms with Gasteiger partial charge in [-0.3, -0.25) is 0 Å². The first-order valence-electron chi connectivity index (χ1n) is 5.17. The van der Waals surface area contributed by atoms with Gasteiger partial charge >= 0.3 is 0 Å². The van der Waals surface area contributed by atoms with Crippen molar-refractivity contribution >= 4 is 5.69 Å². The zero-order chi connectivity index (χ0) is 11.6. The highest BCUT2D eigenvalue weighted by molar-refractivity contribution is 5.49. The highest BCUT2D eigenvalue weighted by Gasteiger charge is 2.13. The van der Waals surface area contributed by atoms with Crippen LogP contribution in [-0.2, 0) is 0 Å². The minimum Gasteiger partial charge on any atom is -0.378 e. The number of nitrogens with one attached hydrogen (secondary N) is 1. The summed E-state index contributed by atoms with van der Waals surface area (Å²) in [5.41, 5.74) is 0.647. The van der Waals surface area contributed by atoms with E-state index in [-0.39, 0.29) is 17.6 Å². The number of halogens is 2. The molecule has 0 saturated carbocycles. The molecule has 0 atom stereocenters. The summed E-state index contributed by atoms with van der Waals surface area (Å²) in [6.07, 6.45) is 0. The Balaban J connectivity index is 3.10. The molecule has 15 heavy (non-hydrogen) atoms. The van der Waals surface area contributed by atoms with Gasteiger partial charge in [0.2, 0.25) is 0 Å². The lowest BCUT2D eigenvalue weighted by Gasteiger charge is -2.14. The predicted molar refractivity (Wildman–Crippen MR) is 59.2 cm³/mol. The Morgan fingerprint density at radius 3 is 1.80 bits per heavy atom. The Morgan fingerprint density at radius 2 is 1.47 bits per heavy atom. The number of hydrogen-bond donors (Lipinski definition) is 1. The molecule has 1 aromatic carbocycles. The Hall–Kier alpha value is -1.12. The first kappa shape index (κ1) is 12.0. The largest absolute Gasteiger partial charge is 0.378 e. The van der Waals surface area contributed by atoms with Gasteiger partial charge in [0.25, 0.3) is 0 Å². The third-order valence-electron chi connectivity index (χ3n) is 2.16. The molecule has 0 aliphatic heterocycles. The Morgan fingerprint density at radius 1 is 1.00 bits per heavy atom. The fraction of sp³-hybridized carbons (Fsp3) is 0.500. The van der Waals surface area contributed by atoms with Crippen LogP contribution in [0.25, 0.3) is 0 Å². The maximum absolute atomic E-state index is 13.5. The molecule has 0 saturated heterocycles. The Bertz CT molecular complexity index is 322. The summed E-state index contributed by atoms with van der Waals surface area (Å²) >= 11 is 0. The van der Waals surface area contributed by atoms with Crippen molar-refractivity contribution in [3.63, 3.8) is 0 Å². The van der Waals surface area contributed by atoms with Crippen LogP contribution >= 0.6 is 0 Å². The van der Waals surface area contributed by atoms with Crippen molar-refractivity contribution < 1.29 is 8.78 Å². The molecule has 1 aromatic rings. The topological polar surface area (TPSA) is 12.0 Å². The second-order valence-corrected chi connectivity index (χ2v) is 4.31. The summed E-state index contributed by atoms with van der Waals surface area (Å²) in [5, 5.41) is 2.76. The molecule has 84 valence electrons. The van der Waals surface area contributed by atoms with Gasteiger partial charge in [-0.1, -0.05) is 13.8 Å². The highest BCUT2D eigenvalue weighted by atomic mass is 19.1. The van der Waals surface area contributed by atoms with Gasteiger partial charge < -0.3 is 5.32 Å². The first-order valence-corrected chi connectivity index (χ1v) is 5.17. The van der Waals surface area contributed by atoms with Crippen LogP contribution in [0.15, 0.2) is 12.1 Å². The second kappa shape index (κ2) is 4.60. The molecule has 0 heterocycles. The molecule has 0 radical (unpaired) electrons. The van der Waals surface area contributed by atoms with Gasteiger partial charge in [0, 0.05) is 6.04 Å². The molecule has 1 N–H and O–H groups in total. The van der Waals surface area contributed by atoms with Gasteiger partial charge in [0.1, 0.15) is 17.3 Å². The summed E-state index contributed by atoms with van der Waals surface area (Å²) in [6, 6.07) is 2.79. The molecule has 3 heteroatoms. The first-order chi connectivity index (χ1) is 6.91. The Labute approximate surface area is 89.5 Å². The monoisotopic (exact) mass is 213 g/mol. The standard InChI is InChI=1S/C12H17F2N/c1-7(2)9-5-10(13)12(11(14)6-9)15-8(3)4/h5-8,15H,1-4H3. The molecular weight excluding hydrogens is 196 g/mol. The smallest absolute Gasteiger partial charge is 0.149 e. The van der Waals surface area contributed by atoms with Crippen LogP contribution in [0.3, 0.4) is 0 Å². The molecule has 0 fully saturated rings. The van der Waals surface area contributed by atoms with Crippen molar-refractivity contribution in [1.29, 1.82) is 0 Å². The maximum atomic E-state index is 13.5. The van der Waals surface area contributed by atoms with E-state index in [9.17, 15) is 8.78 Å². The van der Waals surface area contributed by atoms with Crippen molar-refractivity contribution in [2.24, 2.45) is 0 Å². The summed E-state index contributed by atoms with van der Waals surface area (Å²) in [6.45, 7) is 7.50. The van der Waals surface area contributed by atoms with Gasteiger partial charge in [-0.05, 0) is 37.5 Å². The van der Waals surface area contributed by atoms with E-state index in [1.807, 2.05) is 27.7 Å². The van der Waals surface area contributed by atoms with Crippen LogP contribution in [0.5, 0.6) is 0 Å². The second-order valence-electron chi connectivity index (χ2n) is 4.31. The molecule has 0 spiro atoms. The lowest BCUT2D eigenvalue weighted by Crippen LogP contribution is -2.13. The molecule has 0 amide bonds. The molecule has 0 aliphatic carbocycles. The van der Waals surface area contributed by atoms with Crippen LogP contribution in [-0.4, -0.2) is 6.04 Å². The van der Waals surface area contributed by atoms with E-state index in [0.717, 1.165) is 0 Å². The van der Waals surface area contributed by atoms with Crippen molar-refractivity contribution in [3.8, 4) is 0 Å². The summed E-state index contributed by atoms with van der Waals surface area (Å²) in [5.74, 6) is -0.915. The molecule has 0 aromatic heterocycles. The van der Waals surface area contributed by atoms with Crippen LogP contribution in [0.4, 0.5) is 14.5 Å². The molecule has 1 nitrogen and oxygen atoms in total. The lowest BCUT2D eigenvalue weighted by molar-refractivity contribution is 0.579. The minimum atomic E-state index is -0.521. The van der Waals surface area contributed by atoms with Crippen molar-refractivity contribution in [3.05, 3.63) is 29.3 Å². The van der Waals surface area contributed by atoms with Gasteiger partial charge in [-0.15, -0.1) is 0 Å². The summed E-state index contributed by atoms with van der Waals surface area (Å²) in [7, 11) is 0. The lowest BCUT2D eigenvalue weighted by atomic mass is 10.0. The molecule has 0 unspecified atom stereocenters. The van der Waals surface area contributed by atoms with Gasteiger partial charge in [0.15, 0.2) is 0 Å². The van der Waals surface area contributed by atoms with E-state index < -0.39 is 11.6 Å². The highest BCUT2D eigenvalue weighted by Crippen LogP contribution is 2.25. The number of hydrogen-bond acceptors (Lipinski definition) is 1. The molecule has 1 rings (SSSR count). The van der Waals surface area contributed by atoms with Gasteiger partial charge in [0.05, 0.1) is 0 Å². The fourth-order valence-corrected chi connectivity index (χ4v) is 1.35. The van der Waals surface area contributed by atoms with Crippen LogP contribution in [0, 0.1) is 11.6 Å². The summed E-state index contributed by atoms with van der Waals surface area (Å²) in [4.78, 5) is 0. The van der Waals surface area contributed by atoms with Gasteiger partial charge in [-0.2, -0.15) is 0 Å². The maximum Gasteiger partial charge on any atom is 0.149 e. The minimum absolute atomic E-state index is 0.0129. The third-order valence-corrected chi connectivity index (χ3v) is 2.16. The number of anilines is 1. The number of rotatable bonds is 3. The predicted octanol–water partition coefficient (Wildman–Crippen LogP) is 3.91. The zero-order valence-corrected chi connectivity index (χ0v) is 9.57. The van der Waals surface area contributed by atoms with Crippen LogP contribution in [0.1, 0.15) is 39.2 Å². The normalized spacial score (nSPS) is 11.2. The number of benzene rings is 1. The molecule has 0 bridgehead atoms. The Kier molecular flexibility index (Phi) is 3.66. The van der Waals surface area contributed by atoms with Crippen molar-refractivity contribution in [2.45, 2.75) is 39.7 Å². The third kappa shape index (κ3) is 2.91. The average Bonchev–Trinajstić information content (AvgIpc) is 2.10. The van der Waals surface area contributed by atoms with E-state index in [1.54, 1.807) is 0 Å². The average molecular weight is 213 g/mol. The van der Waals surface area contributed by atoms with Crippen LogP contribution < -0.4 is 5.32 Å². The molecule has 0 aliphatic rings. The molecular formula is C12H17F2N. The van der Waals surface area contributed by atoms with Crippen molar-refractivity contribution in [1.82, 2.24) is 0 Å². The van der Waals surface area contributed by atoms with Crippen molar-refractivity contribution in [2.75, 3.05) is 5.32 Å². The van der Waals surface area contributed by atoms with E-state index in [2.05, 4.69) is 5.32 Å². The van der Waals surface area contributed by atoms with Gasteiger partial charge in [-0.25, -0.2) is 8.78 Å². The van der Waals surface area contributed by atoms with E-state index in [1.165, 1.54) is 12.1 Å². The van der Waals surface area contributed by atoms with E-state index in [0.29, 0.717) is 5.56 Å². The van der Waals surface area contributed by atoms with E-state index >= 15 is 0 Å².